The van der Waals surface area contributed by atoms with Crippen molar-refractivity contribution in [2.75, 3.05) is 0 Å². The van der Waals surface area contributed by atoms with Gasteiger partial charge < -0.3 is 8.82 Å². The first-order valence-electron chi connectivity index (χ1n) is 5.04. The minimum absolute atomic E-state index is 0.520. The predicted molar refractivity (Wildman–Crippen MR) is 67.7 cm³/mol. The third-order valence-electron chi connectivity index (χ3n) is 2.47. The Morgan fingerprint density at radius 1 is 1.24 bits per heavy atom. The molecule has 3 aromatic heterocycles. The quantitative estimate of drug-likeness (QED) is 0.661. The molecule has 5 heteroatoms. The van der Waals surface area contributed by atoms with Gasteiger partial charge in [0, 0.05) is 12.4 Å². The second kappa shape index (κ2) is 3.79. The molecule has 3 aromatic rings. The highest BCUT2D eigenvalue weighted by molar-refractivity contribution is 6.36. The van der Waals surface area contributed by atoms with Crippen molar-refractivity contribution in [2.24, 2.45) is 0 Å². The Morgan fingerprint density at radius 2 is 2.06 bits per heavy atom. The maximum Gasteiger partial charge on any atom is 0.156 e. The zero-order valence-corrected chi connectivity index (χ0v) is 10.5. The van der Waals surface area contributed by atoms with E-state index in [4.69, 9.17) is 27.6 Å². The van der Waals surface area contributed by atoms with Crippen molar-refractivity contribution in [2.45, 2.75) is 6.92 Å². The monoisotopic (exact) mass is 266 g/mol. The van der Waals surface area contributed by atoms with E-state index in [1.165, 1.54) is 0 Å². The van der Waals surface area contributed by atoms with E-state index >= 15 is 0 Å². The molecule has 3 nitrogen and oxygen atoms in total. The number of imidazole rings is 1. The lowest BCUT2D eigenvalue weighted by atomic mass is 10.3. The lowest BCUT2D eigenvalue weighted by Gasteiger charge is -1.95. The Morgan fingerprint density at radius 3 is 2.76 bits per heavy atom. The molecular weight excluding hydrogens is 259 g/mol. The highest BCUT2D eigenvalue weighted by Gasteiger charge is 2.10. The zero-order chi connectivity index (χ0) is 12.0. The molecule has 3 rings (SSSR count). The molecule has 0 unspecified atom stereocenters. The van der Waals surface area contributed by atoms with Crippen LogP contribution in [-0.4, -0.2) is 9.38 Å². The summed E-state index contributed by atoms with van der Waals surface area (Å²) in [6.07, 6.45) is 3.60. The molecule has 0 aliphatic heterocycles. The highest BCUT2D eigenvalue weighted by Crippen LogP contribution is 2.26. The van der Waals surface area contributed by atoms with Gasteiger partial charge >= 0.3 is 0 Å². The van der Waals surface area contributed by atoms with Gasteiger partial charge in [-0.1, -0.05) is 23.2 Å². The first kappa shape index (κ1) is 10.7. The van der Waals surface area contributed by atoms with E-state index in [1.54, 1.807) is 16.7 Å². The molecule has 0 aliphatic carbocycles. The van der Waals surface area contributed by atoms with Crippen LogP contribution in [0.4, 0.5) is 0 Å². The molecular formula is C12H8Cl2N2O. The number of nitrogens with zero attached hydrogens (tertiary/aromatic N) is 2. The third-order valence-corrected chi connectivity index (χ3v) is 2.95. The van der Waals surface area contributed by atoms with Gasteiger partial charge in [0.2, 0.25) is 0 Å². The molecule has 0 saturated heterocycles. The van der Waals surface area contributed by atoms with E-state index in [-0.39, 0.29) is 0 Å². The average Bonchev–Trinajstić information content (AvgIpc) is 2.83. The molecule has 0 N–H and O–H groups in total. The Hall–Kier alpha value is -1.45. The van der Waals surface area contributed by atoms with Gasteiger partial charge in [0.15, 0.2) is 11.4 Å². The molecule has 86 valence electrons. The minimum Gasteiger partial charge on any atom is -0.460 e. The van der Waals surface area contributed by atoms with Crippen LogP contribution >= 0.6 is 23.2 Å². The molecule has 0 fully saturated rings. The van der Waals surface area contributed by atoms with Crippen LogP contribution in [0.25, 0.3) is 17.1 Å². The van der Waals surface area contributed by atoms with Gasteiger partial charge in [-0.05, 0) is 25.1 Å². The molecule has 0 aromatic carbocycles. The Kier molecular flexibility index (Phi) is 2.38. The van der Waals surface area contributed by atoms with Gasteiger partial charge in [-0.2, -0.15) is 0 Å². The number of aromatic nitrogens is 2. The lowest BCUT2D eigenvalue weighted by Crippen LogP contribution is -1.82. The maximum atomic E-state index is 6.07. The highest BCUT2D eigenvalue weighted by atomic mass is 35.5. The van der Waals surface area contributed by atoms with Crippen LogP contribution in [0, 0.1) is 6.92 Å². The van der Waals surface area contributed by atoms with Gasteiger partial charge in [0.05, 0.1) is 10.0 Å². The van der Waals surface area contributed by atoms with Crippen molar-refractivity contribution in [1.82, 2.24) is 9.38 Å². The molecule has 3 heterocycles. The van der Waals surface area contributed by atoms with Gasteiger partial charge in [0.25, 0.3) is 0 Å². The van der Waals surface area contributed by atoms with Crippen molar-refractivity contribution in [1.29, 1.82) is 0 Å². The van der Waals surface area contributed by atoms with Crippen LogP contribution in [-0.2, 0) is 0 Å². The number of furan rings is 1. The normalized spacial score (nSPS) is 11.2. The van der Waals surface area contributed by atoms with E-state index in [1.807, 2.05) is 25.3 Å². The van der Waals surface area contributed by atoms with Crippen LogP contribution < -0.4 is 0 Å². The van der Waals surface area contributed by atoms with Crippen molar-refractivity contribution in [3.63, 3.8) is 0 Å². The van der Waals surface area contributed by atoms with E-state index in [0.29, 0.717) is 15.7 Å². The van der Waals surface area contributed by atoms with Gasteiger partial charge in [0.1, 0.15) is 11.5 Å². The van der Waals surface area contributed by atoms with E-state index < -0.39 is 0 Å². The first-order valence-corrected chi connectivity index (χ1v) is 5.79. The molecule has 0 bridgehead atoms. The molecule has 0 atom stereocenters. The second-order valence-electron chi connectivity index (χ2n) is 3.77. The number of hydrogen-bond acceptors (Lipinski definition) is 2. The molecule has 17 heavy (non-hydrogen) atoms. The second-order valence-corrected chi connectivity index (χ2v) is 4.62. The van der Waals surface area contributed by atoms with Crippen molar-refractivity contribution in [3.05, 3.63) is 46.4 Å². The summed E-state index contributed by atoms with van der Waals surface area (Å²) in [6.45, 7) is 1.89. The van der Waals surface area contributed by atoms with Crippen molar-refractivity contribution < 1.29 is 4.42 Å². The Bertz CT molecular complexity index is 700. The number of aryl methyl sites for hydroxylation is 1. The number of rotatable bonds is 1. The number of hydrogen-bond donors (Lipinski definition) is 0. The fourth-order valence-electron chi connectivity index (χ4n) is 1.72. The van der Waals surface area contributed by atoms with Gasteiger partial charge in [-0.25, -0.2) is 4.98 Å². The lowest BCUT2D eigenvalue weighted by molar-refractivity contribution is 0.547. The summed E-state index contributed by atoms with van der Waals surface area (Å²) in [5.74, 6) is 1.57. The summed E-state index contributed by atoms with van der Waals surface area (Å²) >= 11 is 12.0. The third kappa shape index (κ3) is 1.81. The number of fused-ring (bicyclic) bond motifs is 1. The largest absolute Gasteiger partial charge is 0.460 e. The average molecular weight is 267 g/mol. The summed E-state index contributed by atoms with van der Waals surface area (Å²) < 4.78 is 7.31. The smallest absolute Gasteiger partial charge is 0.156 e. The minimum atomic E-state index is 0.520. The van der Waals surface area contributed by atoms with E-state index in [2.05, 4.69) is 4.98 Å². The van der Waals surface area contributed by atoms with Crippen LogP contribution in [0.1, 0.15) is 5.76 Å². The number of pyridine rings is 1. The fourth-order valence-corrected chi connectivity index (χ4v) is 2.24. The molecule has 0 spiro atoms. The molecule has 0 saturated carbocycles. The Labute approximate surface area is 108 Å². The summed E-state index contributed by atoms with van der Waals surface area (Å²) in [7, 11) is 0. The van der Waals surface area contributed by atoms with Crippen LogP contribution in [0.2, 0.25) is 10.0 Å². The van der Waals surface area contributed by atoms with Crippen LogP contribution in [0.3, 0.4) is 0 Å². The molecule has 0 radical (unpaired) electrons. The Balaban J connectivity index is 2.23. The topological polar surface area (TPSA) is 30.4 Å². The number of halogens is 2. The zero-order valence-electron chi connectivity index (χ0n) is 8.95. The van der Waals surface area contributed by atoms with Gasteiger partial charge in [-0.3, -0.25) is 0 Å². The summed E-state index contributed by atoms with van der Waals surface area (Å²) in [5.41, 5.74) is 1.40. The van der Waals surface area contributed by atoms with Crippen LogP contribution in [0.5, 0.6) is 0 Å². The summed E-state index contributed by atoms with van der Waals surface area (Å²) in [6, 6.07) is 5.45. The summed E-state index contributed by atoms with van der Waals surface area (Å²) in [5, 5.41) is 1.09. The van der Waals surface area contributed by atoms with Crippen LogP contribution in [0.15, 0.2) is 35.0 Å². The van der Waals surface area contributed by atoms with Crippen molar-refractivity contribution in [3.8, 4) is 11.5 Å². The first-order chi connectivity index (χ1) is 8.13. The van der Waals surface area contributed by atoms with Gasteiger partial charge in [-0.15, -0.1) is 0 Å². The molecule has 0 amide bonds. The SMILES string of the molecule is Cc1ccc(-c2cn3cc(Cl)cc(Cl)c3n2)o1. The van der Waals surface area contributed by atoms with E-state index in [9.17, 15) is 0 Å². The maximum absolute atomic E-state index is 6.07. The van der Waals surface area contributed by atoms with Crippen molar-refractivity contribution >= 4 is 28.8 Å². The standard InChI is InChI=1S/C12H8Cl2N2O/c1-7-2-3-11(17-7)10-6-16-5-8(13)4-9(14)12(16)15-10/h2-6H,1H3. The van der Waals surface area contributed by atoms with E-state index in [0.717, 1.165) is 17.2 Å². The summed E-state index contributed by atoms with van der Waals surface area (Å²) in [4.78, 5) is 4.42. The predicted octanol–water partition coefficient (Wildman–Crippen LogP) is 4.21. The fraction of sp³-hybridized carbons (Fsp3) is 0.0833. The molecule has 0 aliphatic rings.